The van der Waals surface area contributed by atoms with E-state index in [1.807, 2.05) is 48.7 Å². The number of ether oxygens (including phenoxy) is 2. The Kier molecular flexibility index (Phi) is 4.95. The number of hydrogen-bond acceptors (Lipinski definition) is 6. The number of anilines is 2. The number of carbonyl (C=O) groups is 2. The minimum Gasteiger partial charge on any atom is -0.497 e. The number of methoxy groups -OCH3 is 1. The summed E-state index contributed by atoms with van der Waals surface area (Å²) < 4.78 is 11.0. The molecule has 0 saturated heterocycles. The number of aromatic nitrogens is 1. The number of carbonyl (C=O) groups excluding carboxylic acids is 2. The van der Waals surface area contributed by atoms with Gasteiger partial charge >= 0.3 is 0 Å². The number of nitrogens with zero attached hydrogens (tertiary/aromatic N) is 2. The molecule has 1 atom stereocenters. The molecule has 1 aliphatic rings. The molecule has 2 heterocycles. The Labute approximate surface area is 178 Å². The van der Waals surface area contributed by atoms with E-state index >= 15 is 0 Å². The molecule has 8 heteroatoms. The molecule has 0 spiro atoms. The predicted octanol–water partition coefficient (Wildman–Crippen LogP) is 3.88. The molecule has 4 rings (SSSR count). The summed E-state index contributed by atoms with van der Waals surface area (Å²) in [5.41, 5.74) is 1.56. The Bertz CT molecular complexity index is 1130. The summed E-state index contributed by atoms with van der Waals surface area (Å²) in [6.07, 6.45) is 0. The lowest BCUT2D eigenvalue weighted by Crippen LogP contribution is -2.59. The van der Waals surface area contributed by atoms with Crippen LogP contribution < -0.4 is 19.7 Å². The third kappa shape index (κ3) is 3.39. The zero-order chi connectivity index (χ0) is 21.5. The molecule has 154 valence electrons. The van der Waals surface area contributed by atoms with Crippen molar-refractivity contribution >= 4 is 34.0 Å². The number of fused-ring (bicyclic) bond motifs is 1. The maximum atomic E-state index is 13.0. The van der Waals surface area contributed by atoms with Crippen molar-refractivity contribution in [2.45, 2.75) is 19.4 Å². The quantitative estimate of drug-likeness (QED) is 0.644. The lowest BCUT2D eigenvalue weighted by molar-refractivity contribution is -0.144. The first-order chi connectivity index (χ1) is 14.3. The molecule has 1 aliphatic heterocycles. The minimum absolute atomic E-state index is 0.390. The summed E-state index contributed by atoms with van der Waals surface area (Å²) in [5, 5.41) is 4.96. The van der Waals surface area contributed by atoms with E-state index in [1.165, 1.54) is 23.2 Å². The molecule has 0 aliphatic carbocycles. The molecule has 0 saturated carbocycles. The normalized spacial score (nSPS) is 17.9. The van der Waals surface area contributed by atoms with Crippen LogP contribution in [0.2, 0.25) is 0 Å². The highest BCUT2D eigenvalue weighted by molar-refractivity contribution is 7.14. The molecule has 0 radical (unpaired) electrons. The third-order valence-electron chi connectivity index (χ3n) is 5.05. The van der Waals surface area contributed by atoms with E-state index in [-0.39, 0.29) is 0 Å². The van der Waals surface area contributed by atoms with E-state index in [0.29, 0.717) is 16.6 Å². The van der Waals surface area contributed by atoms with Gasteiger partial charge in [-0.25, -0.2) is 4.98 Å². The van der Waals surface area contributed by atoms with E-state index < -0.39 is 17.4 Å². The van der Waals surface area contributed by atoms with Gasteiger partial charge in [0.15, 0.2) is 5.13 Å². The van der Waals surface area contributed by atoms with Crippen molar-refractivity contribution in [2.24, 2.45) is 0 Å². The lowest BCUT2D eigenvalue weighted by atomic mass is 10.00. The zero-order valence-electron chi connectivity index (χ0n) is 17.1. The number of amides is 2. The van der Waals surface area contributed by atoms with Crippen LogP contribution in [-0.2, 0) is 9.59 Å². The molecule has 2 aromatic carbocycles. The number of thiazole rings is 1. The van der Waals surface area contributed by atoms with Gasteiger partial charge < -0.3 is 14.4 Å². The first-order valence-corrected chi connectivity index (χ1v) is 10.2. The topological polar surface area (TPSA) is 80.8 Å². The highest BCUT2D eigenvalue weighted by Crippen LogP contribution is 2.38. The molecule has 0 bridgehead atoms. The molecule has 3 aromatic rings. The van der Waals surface area contributed by atoms with Crippen molar-refractivity contribution in [3.63, 3.8) is 0 Å². The molecular formula is C22H21N3O4S. The van der Waals surface area contributed by atoms with E-state index in [9.17, 15) is 9.59 Å². The maximum Gasteiger partial charge on any atom is 0.280 e. The van der Waals surface area contributed by atoms with Crippen molar-refractivity contribution in [1.82, 2.24) is 4.98 Å². The van der Waals surface area contributed by atoms with Crippen LogP contribution in [0.25, 0.3) is 11.3 Å². The van der Waals surface area contributed by atoms with Crippen LogP contribution in [0.1, 0.15) is 12.5 Å². The summed E-state index contributed by atoms with van der Waals surface area (Å²) in [5.74, 6) is 0.229. The molecule has 1 unspecified atom stereocenters. The average molecular weight is 423 g/mol. The zero-order valence-corrected chi connectivity index (χ0v) is 17.9. The van der Waals surface area contributed by atoms with Crippen molar-refractivity contribution in [2.75, 3.05) is 24.4 Å². The van der Waals surface area contributed by atoms with Crippen LogP contribution in [0.4, 0.5) is 10.8 Å². The van der Waals surface area contributed by atoms with Crippen LogP contribution in [0.3, 0.4) is 0 Å². The second-order valence-corrected chi connectivity index (χ2v) is 8.05. The monoisotopic (exact) mass is 423 g/mol. The SMILES string of the molecule is COc1ccc(-c2csc(NC(=O)C3(C)Oc4ccc(C)cc4N(C)C3=O)n2)cc1. The summed E-state index contributed by atoms with van der Waals surface area (Å²) >= 11 is 1.28. The van der Waals surface area contributed by atoms with Gasteiger partial charge in [-0.05, 0) is 55.8 Å². The highest BCUT2D eigenvalue weighted by Gasteiger charge is 2.50. The van der Waals surface area contributed by atoms with Gasteiger partial charge in [0.25, 0.3) is 17.4 Å². The third-order valence-corrected chi connectivity index (χ3v) is 5.80. The average Bonchev–Trinajstić information content (AvgIpc) is 3.21. The number of nitrogens with one attached hydrogen (secondary N) is 1. The number of likely N-dealkylation sites (N-methyl/N-ethyl adjacent to an activating group) is 1. The molecule has 0 fully saturated rings. The van der Waals surface area contributed by atoms with E-state index in [2.05, 4.69) is 10.3 Å². The largest absolute Gasteiger partial charge is 0.497 e. The van der Waals surface area contributed by atoms with E-state index in [0.717, 1.165) is 22.6 Å². The van der Waals surface area contributed by atoms with Gasteiger partial charge in [-0.15, -0.1) is 11.3 Å². The first kappa shape index (κ1) is 19.9. The Morgan fingerprint density at radius 1 is 1.23 bits per heavy atom. The van der Waals surface area contributed by atoms with Crippen LogP contribution in [0.15, 0.2) is 47.8 Å². The summed E-state index contributed by atoms with van der Waals surface area (Å²) in [4.78, 5) is 31.9. The van der Waals surface area contributed by atoms with Crippen molar-refractivity contribution in [1.29, 1.82) is 0 Å². The lowest BCUT2D eigenvalue weighted by Gasteiger charge is -2.37. The summed E-state index contributed by atoms with van der Waals surface area (Å²) in [6.45, 7) is 3.41. The number of aryl methyl sites for hydroxylation is 1. The molecule has 7 nitrogen and oxygen atoms in total. The molecular weight excluding hydrogens is 402 g/mol. The number of benzene rings is 2. The molecule has 2 amide bonds. The number of rotatable bonds is 4. The van der Waals surface area contributed by atoms with Gasteiger partial charge in [-0.3, -0.25) is 14.9 Å². The van der Waals surface area contributed by atoms with Gasteiger partial charge in [0.1, 0.15) is 11.5 Å². The van der Waals surface area contributed by atoms with E-state index in [4.69, 9.17) is 9.47 Å². The molecule has 1 aromatic heterocycles. The fraction of sp³-hybridized carbons (Fsp3) is 0.227. The summed E-state index contributed by atoms with van der Waals surface area (Å²) in [7, 11) is 3.25. The van der Waals surface area contributed by atoms with Crippen LogP contribution in [-0.4, -0.2) is 36.6 Å². The maximum absolute atomic E-state index is 13.0. The Morgan fingerprint density at radius 3 is 2.67 bits per heavy atom. The fourth-order valence-corrected chi connectivity index (χ4v) is 3.97. The number of hydrogen-bond donors (Lipinski definition) is 1. The standard InChI is InChI=1S/C22H21N3O4S/c1-13-5-10-18-17(11-13)25(3)20(27)22(2,29-18)19(26)24-21-23-16(12-30-21)14-6-8-15(28-4)9-7-14/h5-12H,1-4H3,(H,23,24,26). The van der Waals surface area contributed by atoms with Gasteiger partial charge in [0.2, 0.25) is 0 Å². The van der Waals surface area contributed by atoms with Crippen LogP contribution in [0.5, 0.6) is 11.5 Å². The minimum atomic E-state index is -1.69. The van der Waals surface area contributed by atoms with Gasteiger partial charge in [0.05, 0.1) is 18.5 Å². The Hall–Kier alpha value is -3.39. The first-order valence-electron chi connectivity index (χ1n) is 9.31. The highest BCUT2D eigenvalue weighted by atomic mass is 32.1. The van der Waals surface area contributed by atoms with Gasteiger partial charge in [-0.2, -0.15) is 0 Å². The second kappa shape index (κ2) is 7.46. The van der Waals surface area contributed by atoms with Crippen LogP contribution in [0, 0.1) is 6.92 Å². The fourth-order valence-electron chi connectivity index (χ4n) is 3.25. The Morgan fingerprint density at radius 2 is 1.97 bits per heavy atom. The van der Waals surface area contributed by atoms with Crippen LogP contribution >= 0.6 is 11.3 Å². The van der Waals surface area contributed by atoms with Crippen molar-refractivity contribution < 1.29 is 19.1 Å². The molecule has 1 N–H and O–H groups in total. The van der Waals surface area contributed by atoms with Crippen molar-refractivity contribution in [3.05, 3.63) is 53.4 Å². The second-order valence-electron chi connectivity index (χ2n) is 7.19. The van der Waals surface area contributed by atoms with Crippen molar-refractivity contribution in [3.8, 4) is 22.8 Å². The summed E-state index contributed by atoms with van der Waals surface area (Å²) in [6, 6.07) is 13.0. The Balaban J connectivity index is 1.55. The van der Waals surface area contributed by atoms with Gasteiger partial charge in [-0.1, -0.05) is 6.07 Å². The molecule has 30 heavy (non-hydrogen) atoms. The van der Waals surface area contributed by atoms with E-state index in [1.54, 1.807) is 20.2 Å². The smallest absolute Gasteiger partial charge is 0.280 e. The predicted molar refractivity (Wildman–Crippen MR) is 116 cm³/mol. The van der Waals surface area contributed by atoms with Gasteiger partial charge in [0, 0.05) is 18.0 Å².